The number of nitrogens with zero attached hydrogens (tertiary/aromatic N) is 1. The molecule has 1 aliphatic carbocycles. The zero-order valence-corrected chi connectivity index (χ0v) is 12.6. The van der Waals surface area contributed by atoms with Crippen LogP contribution in [0.5, 0.6) is 0 Å². The molecule has 2 fully saturated rings. The minimum absolute atomic E-state index is 0.00158. The van der Waals surface area contributed by atoms with Gasteiger partial charge in [0.2, 0.25) is 11.8 Å². The van der Waals surface area contributed by atoms with Crippen LogP contribution in [0.1, 0.15) is 32.3 Å². The largest absolute Gasteiger partial charge is 0.313 e. The molecule has 1 N–H and O–H groups in total. The summed E-state index contributed by atoms with van der Waals surface area (Å²) in [5, 5.41) is 3.27. The van der Waals surface area contributed by atoms with Crippen LogP contribution in [0.3, 0.4) is 0 Å². The summed E-state index contributed by atoms with van der Waals surface area (Å²) in [5.41, 5.74) is 1.77. The lowest BCUT2D eigenvalue weighted by molar-refractivity contribution is -0.123. The summed E-state index contributed by atoms with van der Waals surface area (Å²) in [6, 6.07) is 7.70. The summed E-state index contributed by atoms with van der Waals surface area (Å²) >= 11 is 0. The summed E-state index contributed by atoms with van der Waals surface area (Å²) in [5.74, 6) is 0.281. The van der Waals surface area contributed by atoms with E-state index in [0.29, 0.717) is 12.5 Å². The first-order valence-electron chi connectivity index (χ1n) is 7.80. The van der Waals surface area contributed by atoms with Gasteiger partial charge in [-0.1, -0.05) is 32.0 Å². The van der Waals surface area contributed by atoms with E-state index in [4.69, 9.17) is 0 Å². The second kappa shape index (κ2) is 5.60. The lowest BCUT2D eigenvalue weighted by Gasteiger charge is -2.20. The first-order valence-corrected chi connectivity index (χ1v) is 7.80. The Morgan fingerprint density at radius 3 is 2.38 bits per heavy atom. The summed E-state index contributed by atoms with van der Waals surface area (Å²) in [4.78, 5) is 26.7. The van der Waals surface area contributed by atoms with E-state index in [2.05, 4.69) is 12.2 Å². The van der Waals surface area contributed by atoms with Gasteiger partial charge in [-0.25, -0.2) is 4.90 Å². The van der Waals surface area contributed by atoms with Gasteiger partial charge in [0.05, 0.1) is 17.5 Å². The monoisotopic (exact) mass is 286 g/mol. The number of anilines is 1. The zero-order valence-electron chi connectivity index (χ0n) is 12.6. The van der Waals surface area contributed by atoms with E-state index in [1.165, 1.54) is 4.90 Å². The fourth-order valence-corrected chi connectivity index (χ4v) is 3.65. The van der Waals surface area contributed by atoms with Crippen LogP contribution in [0.15, 0.2) is 24.3 Å². The Balaban J connectivity index is 1.91. The Hall–Kier alpha value is -1.68. The van der Waals surface area contributed by atoms with E-state index < -0.39 is 0 Å². The van der Waals surface area contributed by atoms with E-state index in [1.807, 2.05) is 31.2 Å². The average Bonchev–Trinajstić information content (AvgIpc) is 2.96. The van der Waals surface area contributed by atoms with Gasteiger partial charge in [-0.2, -0.15) is 0 Å². The molecule has 1 heterocycles. The quantitative estimate of drug-likeness (QED) is 0.864. The number of nitrogens with one attached hydrogen (secondary N) is 1. The number of benzene rings is 1. The molecule has 0 bridgehead atoms. The minimum Gasteiger partial charge on any atom is -0.313 e. The summed E-state index contributed by atoms with van der Waals surface area (Å²) < 4.78 is 0. The van der Waals surface area contributed by atoms with Gasteiger partial charge in [0.25, 0.3) is 0 Å². The predicted octanol–water partition coefficient (Wildman–Crippen LogP) is 2.33. The molecule has 0 spiro atoms. The number of amides is 2. The van der Waals surface area contributed by atoms with Crippen LogP contribution in [0.2, 0.25) is 0 Å². The number of hydrogen-bond acceptors (Lipinski definition) is 3. The standard InChI is InChI=1S/C17H22N2O2/c1-3-18-10-12-6-4-5-7-15(12)19-16(20)13-8-11(2)9-14(13)17(19)21/h4-7,11,13-14,18H,3,8-10H2,1-2H3. The van der Waals surface area contributed by atoms with Crippen molar-refractivity contribution in [1.82, 2.24) is 5.32 Å². The van der Waals surface area contributed by atoms with Crippen LogP contribution in [-0.4, -0.2) is 18.4 Å². The molecule has 0 aromatic heterocycles. The van der Waals surface area contributed by atoms with Crippen molar-refractivity contribution in [2.24, 2.45) is 17.8 Å². The Labute approximate surface area is 125 Å². The van der Waals surface area contributed by atoms with Gasteiger partial charge in [0.15, 0.2) is 0 Å². The van der Waals surface area contributed by atoms with Gasteiger partial charge in [0.1, 0.15) is 0 Å². The minimum atomic E-state index is -0.0975. The van der Waals surface area contributed by atoms with Crippen molar-refractivity contribution in [3.05, 3.63) is 29.8 Å². The lowest BCUT2D eigenvalue weighted by atomic mass is 10.00. The highest BCUT2D eigenvalue weighted by molar-refractivity contribution is 6.22. The van der Waals surface area contributed by atoms with Gasteiger partial charge in [-0.15, -0.1) is 0 Å². The van der Waals surface area contributed by atoms with Crippen molar-refractivity contribution < 1.29 is 9.59 Å². The van der Waals surface area contributed by atoms with Crippen molar-refractivity contribution in [2.75, 3.05) is 11.4 Å². The van der Waals surface area contributed by atoms with Crippen LogP contribution in [-0.2, 0) is 16.1 Å². The van der Waals surface area contributed by atoms with E-state index in [9.17, 15) is 9.59 Å². The highest BCUT2D eigenvalue weighted by atomic mass is 16.2. The molecule has 2 aliphatic rings. The SMILES string of the molecule is CCNCc1ccccc1N1C(=O)C2CC(C)CC2C1=O. The predicted molar refractivity (Wildman–Crippen MR) is 81.7 cm³/mol. The molecule has 2 amide bonds. The van der Waals surface area contributed by atoms with Crippen LogP contribution < -0.4 is 10.2 Å². The van der Waals surface area contributed by atoms with E-state index in [0.717, 1.165) is 30.6 Å². The number of para-hydroxylation sites is 1. The number of fused-ring (bicyclic) bond motifs is 1. The van der Waals surface area contributed by atoms with E-state index >= 15 is 0 Å². The molecule has 2 unspecified atom stereocenters. The first kappa shape index (κ1) is 14.3. The molecule has 21 heavy (non-hydrogen) atoms. The number of imide groups is 1. The number of carbonyl (C=O) groups is 2. The van der Waals surface area contributed by atoms with E-state index in [-0.39, 0.29) is 23.7 Å². The molecule has 1 saturated heterocycles. The highest BCUT2D eigenvalue weighted by Crippen LogP contribution is 2.44. The summed E-state index contributed by atoms with van der Waals surface area (Å²) in [7, 11) is 0. The third kappa shape index (κ3) is 2.38. The third-order valence-electron chi connectivity index (χ3n) is 4.67. The van der Waals surface area contributed by atoms with Crippen molar-refractivity contribution >= 4 is 17.5 Å². The number of hydrogen-bond donors (Lipinski definition) is 1. The molecule has 112 valence electrons. The molecule has 0 radical (unpaired) electrons. The molecule has 4 nitrogen and oxygen atoms in total. The number of rotatable bonds is 4. The molecule has 1 aromatic rings. The fraction of sp³-hybridized carbons (Fsp3) is 0.529. The Morgan fingerprint density at radius 2 is 1.76 bits per heavy atom. The van der Waals surface area contributed by atoms with Crippen LogP contribution in [0.25, 0.3) is 0 Å². The molecule has 1 aromatic carbocycles. The van der Waals surface area contributed by atoms with Crippen LogP contribution >= 0.6 is 0 Å². The van der Waals surface area contributed by atoms with Crippen LogP contribution in [0.4, 0.5) is 5.69 Å². The third-order valence-corrected chi connectivity index (χ3v) is 4.67. The zero-order chi connectivity index (χ0) is 15.0. The second-order valence-corrected chi connectivity index (χ2v) is 6.21. The van der Waals surface area contributed by atoms with Gasteiger partial charge in [-0.3, -0.25) is 9.59 Å². The van der Waals surface area contributed by atoms with Crippen molar-refractivity contribution in [1.29, 1.82) is 0 Å². The molecule has 4 heteroatoms. The molecule has 2 atom stereocenters. The molecular weight excluding hydrogens is 264 g/mol. The topological polar surface area (TPSA) is 49.4 Å². The summed E-state index contributed by atoms with van der Waals surface area (Å²) in [6.07, 6.45) is 1.70. The normalized spacial score (nSPS) is 28.3. The Bertz CT molecular complexity index is 546. The van der Waals surface area contributed by atoms with Gasteiger partial charge in [-0.05, 0) is 36.9 Å². The first-order chi connectivity index (χ1) is 10.1. The van der Waals surface area contributed by atoms with Gasteiger partial charge in [0, 0.05) is 6.54 Å². The van der Waals surface area contributed by atoms with Gasteiger partial charge >= 0.3 is 0 Å². The maximum absolute atomic E-state index is 12.7. The second-order valence-electron chi connectivity index (χ2n) is 6.21. The van der Waals surface area contributed by atoms with E-state index in [1.54, 1.807) is 0 Å². The van der Waals surface area contributed by atoms with Crippen molar-refractivity contribution in [3.8, 4) is 0 Å². The molecule has 3 rings (SSSR count). The Morgan fingerprint density at radius 1 is 1.14 bits per heavy atom. The lowest BCUT2D eigenvalue weighted by Crippen LogP contribution is -2.33. The number of carbonyl (C=O) groups excluding carboxylic acids is 2. The summed E-state index contributed by atoms with van der Waals surface area (Å²) in [6.45, 7) is 5.71. The highest BCUT2D eigenvalue weighted by Gasteiger charge is 2.52. The maximum Gasteiger partial charge on any atom is 0.237 e. The Kier molecular flexibility index (Phi) is 3.81. The van der Waals surface area contributed by atoms with Gasteiger partial charge < -0.3 is 5.32 Å². The van der Waals surface area contributed by atoms with Crippen LogP contribution in [0, 0.1) is 17.8 Å². The molecular formula is C17H22N2O2. The smallest absolute Gasteiger partial charge is 0.237 e. The fourth-order valence-electron chi connectivity index (χ4n) is 3.65. The maximum atomic E-state index is 12.7. The molecule has 1 saturated carbocycles. The van der Waals surface area contributed by atoms with Crippen molar-refractivity contribution in [2.45, 2.75) is 33.2 Å². The van der Waals surface area contributed by atoms with Crippen molar-refractivity contribution in [3.63, 3.8) is 0 Å². The average molecular weight is 286 g/mol. The molecule has 1 aliphatic heterocycles.